The first-order valence-electron chi connectivity index (χ1n) is 8.28. The van der Waals surface area contributed by atoms with E-state index in [0.717, 1.165) is 29.2 Å². The van der Waals surface area contributed by atoms with Crippen LogP contribution >= 0.6 is 0 Å². The van der Waals surface area contributed by atoms with Crippen LogP contribution in [0.3, 0.4) is 0 Å². The second kappa shape index (κ2) is 5.94. The maximum Gasteiger partial charge on any atom is 0.0124 e. The number of hydrogen-bond donors (Lipinski definition) is 1. The summed E-state index contributed by atoms with van der Waals surface area (Å²) in [7, 11) is 0. The van der Waals surface area contributed by atoms with Crippen molar-refractivity contribution in [2.45, 2.75) is 78.7 Å². The number of rotatable bonds is 5. The zero-order valence-electron chi connectivity index (χ0n) is 13.0. The molecule has 2 fully saturated rings. The van der Waals surface area contributed by atoms with Gasteiger partial charge in [0.2, 0.25) is 0 Å². The second-order valence-corrected chi connectivity index (χ2v) is 7.57. The third-order valence-electron chi connectivity index (χ3n) is 5.83. The van der Waals surface area contributed by atoms with Crippen molar-refractivity contribution in [2.24, 2.45) is 23.2 Å². The predicted octanol–water partition coefficient (Wildman–Crippen LogP) is 4.62. The molecule has 0 aromatic rings. The molecule has 2 saturated carbocycles. The first-order chi connectivity index (χ1) is 8.55. The molecule has 1 N–H and O–H groups in total. The van der Waals surface area contributed by atoms with E-state index >= 15 is 0 Å². The Morgan fingerprint density at radius 1 is 0.944 bits per heavy atom. The minimum absolute atomic E-state index is 0.719. The van der Waals surface area contributed by atoms with Crippen molar-refractivity contribution >= 4 is 0 Å². The first-order valence-corrected chi connectivity index (χ1v) is 8.28. The molecule has 1 heteroatoms. The van der Waals surface area contributed by atoms with E-state index in [2.05, 4.69) is 33.0 Å². The van der Waals surface area contributed by atoms with Crippen LogP contribution in [-0.4, -0.2) is 12.6 Å². The fourth-order valence-corrected chi connectivity index (χ4v) is 4.39. The van der Waals surface area contributed by atoms with Crippen molar-refractivity contribution in [3.8, 4) is 0 Å². The molecule has 0 aliphatic heterocycles. The molecule has 18 heavy (non-hydrogen) atoms. The summed E-state index contributed by atoms with van der Waals surface area (Å²) >= 11 is 0. The van der Waals surface area contributed by atoms with Gasteiger partial charge < -0.3 is 5.32 Å². The molecule has 1 unspecified atom stereocenters. The lowest BCUT2D eigenvalue weighted by Gasteiger charge is -2.53. The molecule has 0 amide bonds. The van der Waals surface area contributed by atoms with Gasteiger partial charge in [-0.25, -0.2) is 0 Å². The quantitative estimate of drug-likeness (QED) is 0.752. The van der Waals surface area contributed by atoms with Crippen molar-refractivity contribution in [3.63, 3.8) is 0 Å². The van der Waals surface area contributed by atoms with Gasteiger partial charge in [0.1, 0.15) is 0 Å². The number of hydrogen-bond acceptors (Lipinski definition) is 1. The maximum atomic E-state index is 3.94. The Bertz CT molecular complexity index is 242. The minimum Gasteiger partial charge on any atom is -0.313 e. The van der Waals surface area contributed by atoms with Crippen LogP contribution < -0.4 is 5.32 Å². The summed E-state index contributed by atoms with van der Waals surface area (Å²) < 4.78 is 0. The highest BCUT2D eigenvalue weighted by Gasteiger charge is 2.46. The fourth-order valence-electron chi connectivity index (χ4n) is 4.39. The van der Waals surface area contributed by atoms with Crippen LogP contribution in [0.15, 0.2) is 0 Å². The Morgan fingerprint density at radius 2 is 1.56 bits per heavy atom. The molecular formula is C17H33N. The molecule has 0 bridgehead atoms. The molecule has 1 atom stereocenters. The van der Waals surface area contributed by atoms with Crippen molar-refractivity contribution in [1.29, 1.82) is 0 Å². The largest absolute Gasteiger partial charge is 0.313 e. The molecule has 2 aliphatic carbocycles. The molecule has 106 valence electrons. The van der Waals surface area contributed by atoms with Crippen LogP contribution in [0.1, 0.15) is 72.6 Å². The van der Waals surface area contributed by atoms with Crippen LogP contribution in [0.2, 0.25) is 0 Å². The molecule has 1 nitrogen and oxygen atoms in total. The summed E-state index contributed by atoms with van der Waals surface area (Å²) in [4.78, 5) is 0. The van der Waals surface area contributed by atoms with E-state index in [9.17, 15) is 0 Å². The van der Waals surface area contributed by atoms with E-state index in [-0.39, 0.29) is 0 Å². The zero-order chi connectivity index (χ0) is 13.2. The highest BCUT2D eigenvalue weighted by atomic mass is 15.0. The fraction of sp³-hybridized carbons (Fsp3) is 1.00. The van der Waals surface area contributed by atoms with Gasteiger partial charge in [-0.15, -0.1) is 0 Å². The average molecular weight is 251 g/mol. The van der Waals surface area contributed by atoms with Crippen LogP contribution in [-0.2, 0) is 0 Å². The van der Waals surface area contributed by atoms with E-state index in [4.69, 9.17) is 0 Å². The van der Waals surface area contributed by atoms with Gasteiger partial charge in [-0.1, -0.05) is 47.0 Å². The predicted molar refractivity (Wildman–Crippen MR) is 79.7 cm³/mol. The highest BCUT2D eigenvalue weighted by molar-refractivity contribution is 5.01. The van der Waals surface area contributed by atoms with Gasteiger partial charge in [0.05, 0.1) is 0 Å². The van der Waals surface area contributed by atoms with Gasteiger partial charge >= 0.3 is 0 Å². The summed E-state index contributed by atoms with van der Waals surface area (Å²) in [6.45, 7) is 10.8. The molecule has 2 rings (SSSR count). The van der Waals surface area contributed by atoms with Crippen LogP contribution in [0.25, 0.3) is 0 Å². The molecule has 0 saturated heterocycles. The molecular weight excluding hydrogens is 218 g/mol. The molecule has 0 heterocycles. The molecule has 1 spiro atoms. The Labute approximate surface area is 114 Å². The molecule has 0 aromatic heterocycles. The summed E-state index contributed by atoms with van der Waals surface area (Å²) in [5.74, 6) is 2.45. The number of nitrogens with one attached hydrogen (secondary N) is 1. The Kier molecular flexibility index (Phi) is 4.75. The third-order valence-corrected chi connectivity index (χ3v) is 5.83. The van der Waals surface area contributed by atoms with Crippen molar-refractivity contribution in [2.75, 3.05) is 6.54 Å². The smallest absolute Gasteiger partial charge is 0.0124 e. The van der Waals surface area contributed by atoms with Gasteiger partial charge in [-0.05, 0) is 55.4 Å². The van der Waals surface area contributed by atoms with Gasteiger partial charge in [0.15, 0.2) is 0 Å². The van der Waals surface area contributed by atoms with Gasteiger partial charge in [-0.2, -0.15) is 0 Å². The summed E-state index contributed by atoms with van der Waals surface area (Å²) in [6, 6.07) is 0.845. The van der Waals surface area contributed by atoms with E-state index < -0.39 is 0 Å². The molecule has 0 aromatic carbocycles. The van der Waals surface area contributed by atoms with Crippen LogP contribution in [0, 0.1) is 23.2 Å². The first kappa shape index (κ1) is 14.4. The SMILES string of the molecule is CC(C)C(CNC1CCC12CCCCC2)C(C)C. The van der Waals surface area contributed by atoms with Crippen molar-refractivity contribution in [3.05, 3.63) is 0 Å². The van der Waals surface area contributed by atoms with Gasteiger partial charge in [0, 0.05) is 6.04 Å². The van der Waals surface area contributed by atoms with Crippen molar-refractivity contribution < 1.29 is 0 Å². The monoisotopic (exact) mass is 251 g/mol. The lowest BCUT2D eigenvalue weighted by Crippen LogP contribution is -2.55. The van der Waals surface area contributed by atoms with Crippen LogP contribution in [0.4, 0.5) is 0 Å². The van der Waals surface area contributed by atoms with Gasteiger partial charge in [0.25, 0.3) is 0 Å². The van der Waals surface area contributed by atoms with E-state index in [1.54, 1.807) is 0 Å². The summed E-state index contributed by atoms with van der Waals surface area (Å²) in [6.07, 6.45) is 10.4. The second-order valence-electron chi connectivity index (χ2n) is 7.57. The normalized spacial score (nSPS) is 27.2. The maximum absolute atomic E-state index is 3.94. The molecule has 2 aliphatic rings. The molecule has 0 radical (unpaired) electrons. The zero-order valence-corrected chi connectivity index (χ0v) is 13.0. The summed E-state index contributed by atoms with van der Waals surface area (Å²) in [5.41, 5.74) is 0.719. The van der Waals surface area contributed by atoms with Crippen molar-refractivity contribution in [1.82, 2.24) is 5.32 Å². The summed E-state index contributed by atoms with van der Waals surface area (Å²) in [5, 5.41) is 3.94. The highest BCUT2D eigenvalue weighted by Crippen LogP contribution is 2.51. The lowest BCUT2D eigenvalue weighted by atomic mass is 9.57. The van der Waals surface area contributed by atoms with E-state index in [0.29, 0.717) is 0 Å². The lowest BCUT2D eigenvalue weighted by molar-refractivity contribution is 0.0183. The Balaban J connectivity index is 1.82. The van der Waals surface area contributed by atoms with Crippen LogP contribution in [0.5, 0.6) is 0 Å². The Morgan fingerprint density at radius 3 is 2.00 bits per heavy atom. The Hall–Kier alpha value is -0.0400. The standard InChI is InChI=1S/C17H33N/c1-13(2)15(14(3)4)12-18-16-8-11-17(16)9-6-5-7-10-17/h13-16,18H,5-12H2,1-4H3. The topological polar surface area (TPSA) is 12.0 Å². The van der Waals surface area contributed by atoms with Gasteiger partial charge in [-0.3, -0.25) is 0 Å². The van der Waals surface area contributed by atoms with E-state index in [1.807, 2.05) is 0 Å². The van der Waals surface area contributed by atoms with E-state index in [1.165, 1.54) is 51.5 Å². The minimum atomic E-state index is 0.719. The average Bonchev–Trinajstić information content (AvgIpc) is 2.33. The third kappa shape index (κ3) is 2.92.